The molecule has 2 N–H and O–H groups in total. The van der Waals surface area contributed by atoms with Crippen LogP contribution in [0.4, 0.5) is 14.5 Å². The summed E-state index contributed by atoms with van der Waals surface area (Å²) in [4.78, 5) is 24.8. The number of amides is 2. The number of para-hydroxylation sites is 1. The molecule has 1 aromatic carbocycles. The number of benzene rings is 1. The van der Waals surface area contributed by atoms with Gasteiger partial charge in [-0.15, -0.1) is 0 Å². The van der Waals surface area contributed by atoms with Gasteiger partial charge in [-0.3, -0.25) is 9.59 Å². The van der Waals surface area contributed by atoms with E-state index in [0.29, 0.717) is 13.0 Å². The molecule has 7 heteroatoms. The molecule has 1 fully saturated rings. The normalized spacial score (nSPS) is 18.1. The summed E-state index contributed by atoms with van der Waals surface area (Å²) in [7, 11) is 0. The minimum absolute atomic E-state index is 0.0584. The van der Waals surface area contributed by atoms with Gasteiger partial charge in [0.05, 0.1) is 0 Å². The second-order valence-corrected chi connectivity index (χ2v) is 4.64. The van der Waals surface area contributed by atoms with Crippen molar-refractivity contribution in [3.63, 3.8) is 0 Å². The molecule has 108 valence electrons. The van der Waals surface area contributed by atoms with Gasteiger partial charge >= 0.3 is 11.8 Å². The lowest BCUT2D eigenvalue weighted by Gasteiger charge is -2.15. The summed E-state index contributed by atoms with van der Waals surface area (Å²) in [6.45, 7) is 0.549. The Labute approximate surface area is 114 Å². The molecule has 1 unspecified atom stereocenters. The molecule has 1 aliphatic rings. The second-order valence-electron chi connectivity index (χ2n) is 4.64. The van der Waals surface area contributed by atoms with Gasteiger partial charge in [-0.1, -0.05) is 6.07 Å². The van der Waals surface area contributed by atoms with Crippen molar-refractivity contribution in [1.82, 2.24) is 4.90 Å². The maximum absolute atomic E-state index is 13.4. The Kier molecular flexibility index (Phi) is 4.29. The van der Waals surface area contributed by atoms with Crippen molar-refractivity contribution >= 4 is 17.5 Å². The largest absolute Gasteiger partial charge is 0.396 e. The van der Waals surface area contributed by atoms with E-state index in [2.05, 4.69) is 0 Å². The van der Waals surface area contributed by atoms with Crippen LogP contribution in [0.3, 0.4) is 0 Å². The Bertz CT molecular complexity index is 516. The molecule has 5 nitrogen and oxygen atoms in total. The van der Waals surface area contributed by atoms with Crippen LogP contribution in [-0.4, -0.2) is 41.5 Å². The minimum atomic E-state index is -1.09. The molecule has 0 radical (unpaired) electrons. The first-order valence-corrected chi connectivity index (χ1v) is 6.18. The SMILES string of the molecule is O=C(Nc1c(F)cccc1F)C(=O)N1CCC(CO)C1. The lowest BCUT2D eigenvalue weighted by Crippen LogP contribution is -2.38. The monoisotopic (exact) mass is 284 g/mol. The first kappa shape index (κ1) is 14.4. The third kappa shape index (κ3) is 2.93. The number of halogens is 2. The molecule has 0 saturated carbocycles. The molecule has 1 heterocycles. The van der Waals surface area contributed by atoms with Gasteiger partial charge in [-0.25, -0.2) is 8.78 Å². The maximum Gasteiger partial charge on any atom is 0.314 e. The predicted molar refractivity (Wildman–Crippen MR) is 66.8 cm³/mol. The molecular weight excluding hydrogens is 270 g/mol. The number of aliphatic hydroxyl groups is 1. The molecule has 0 aromatic heterocycles. The summed E-state index contributed by atoms with van der Waals surface area (Å²) >= 11 is 0. The summed E-state index contributed by atoms with van der Waals surface area (Å²) in [5.74, 6) is -3.89. The first-order chi connectivity index (χ1) is 9.52. The van der Waals surface area contributed by atoms with Crippen molar-refractivity contribution in [3.8, 4) is 0 Å². The molecule has 0 aliphatic carbocycles. The number of likely N-dealkylation sites (tertiary alicyclic amines) is 1. The van der Waals surface area contributed by atoms with Gasteiger partial charge in [0.1, 0.15) is 17.3 Å². The van der Waals surface area contributed by atoms with Crippen LogP contribution in [-0.2, 0) is 9.59 Å². The maximum atomic E-state index is 13.4. The number of carbonyl (C=O) groups is 2. The summed E-state index contributed by atoms with van der Waals surface area (Å²) in [5, 5.41) is 10.9. The van der Waals surface area contributed by atoms with E-state index in [4.69, 9.17) is 5.11 Å². The third-order valence-corrected chi connectivity index (χ3v) is 3.23. The van der Waals surface area contributed by atoms with Crippen molar-refractivity contribution in [2.45, 2.75) is 6.42 Å². The van der Waals surface area contributed by atoms with Crippen LogP contribution < -0.4 is 5.32 Å². The number of nitrogens with one attached hydrogen (secondary N) is 1. The number of anilines is 1. The van der Waals surface area contributed by atoms with Crippen molar-refractivity contribution in [2.75, 3.05) is 25.0 Å². The molecular formula is C13H14F2N2O3. The highest BCUT2D eigenvalue weighted by Crippen LogP contribution is 2.19. The highest BCUT2D eigenvalue weighted by Gasteiger charge is 2.30. The average molecular weight is 284 g/mol. The van der Waals surface area contributed by atoms with Gasteiger partial charge in [0.25, 0.3) is 0 Å². The Morgan fingerprint density at radius 3 is 2.55 bits per heavy atom. The molecule has 2 amide bonds. The lowest BCUT2D eigenvalue weighted by molar-refractivity contribution is -0.142. The van der Waals surface area contributed by atoms with E-state index in [9.17, 15) is 18.4 Å². The Hall–Kier alpha value is -2.02. The van der Waals surface area contributed by atoms with Gasteiger partial charge < -0.3 is 15.3 Å². The van der Waals surface area contributed by atoms with Crippen molar-refractivity contribution in [2.24, 2.45) is 5.92 Å². The van der Waals surface area contributed by atoms with Gasteiger partial charge in [0, 0.05) is 25.6 Å². The third-order valence-electron chi connectivity index (χ3n) is 3.23. The number of rotatable bonds is 2. The first-order valence-electron chi connectivity index (χ1n) is 6.18. The second kappa shape index (κ2) is 5.96. The van der Waals surface area contributed by atoms with Gasteiger partial charge in [0.15, 0.2) is 0 Å². The topological polar surface area (TPSA) is 69.6 Å². The number of aliphatic hydroxyl groups excluding tert-OH is 1. The smallest absolute Gasteiger partial charge is 0.314 e. The van der Waals surface area contributed by atoms with Crippen LogP contribution >= 0.6 is 0 Å². The summed E-state index contributed by atoms with van der Waals surface area (Å²) < 4.78 is 26.7. The highest BCUT2D eigenvalue weighted by molar-refractivity contribution is 6.39. The predicted octanol–water partition coefficient (Wildman–Crippen LogP) is 0.744. The van der Waals surface area contributed by atoms with E-state index in [0.717, 1.165) is 18.2 Å². The molecule has 0 bridgehead atoms. The Balaban J connectivity index is 2.03. The Morgan fingerprint density at radius 1 is 1.35 bits per heavy atom. The van der Waals surface area contributed by atoms with E-state index >= 15 is 0 Å². The van der Waals surface area contributed by atoms with Crippen LogP contribution in [0.2, 0.25) is 0 Å². The molecule has 1 atom stereocenters. The summed E-state index contributed by atoms with van der Waals surface area (Å²) in [6.07, 6.45) is 0.601. The van der Waals surface area contributed by atoms with Crippen LogP contribution in [0.5, 0.6) is 0 Å². The van der Waals surface area contributed by atoms with Crippen LogP contribution in [0.15, 0.2) is 18.2 Å². The van der Waals surface area contributed by atoms with E-state index in [1.807, 2.05) is 5.32 Å². The molecule has 20 heavy (non-hydrogen) atoms. The minimum Gasteiger partial charge on any atom is -0.396 e. The van der Waals surface area contributed by atoms with E-state index in [-0.39, 0.29) is 19.1 Å². The van der Waals surface area contributed by atoms with Gasteiger partial charge in [-0.05, 0) is 18.6 Å². The fourth-order valence-corrected chi connectivity index (χ4v) is 2.09. The molecule has 0 spiro atoms. The summed E-state index contributed by atoms with van der Waals surface area (Å²) in [5.41, 5.74) is -0.635. The van der Waals surface area contributed by atoms with E-state index in [1.54, 1.807) is 0 Å². The molecule has 1 aliphatic heterocycles. The number of nitrogens with zero attached hydrogens (tertiary/aromatic N) is 1. The quantitative estimate of drug-likeness (QED) is 0.787. The van der Waals surface area contributed by atoms with E-state index in [1.165, 1.54) is 4.90 Å². The zero-order valence-electron chi connectivity index (χ0n) is 10.6. The van der Waals surface area contributed by atoms with Crippen molar-refractivity contribution in [1.29, 1.82) is 0 Å². The fourth-order valence-electron chi connectivity index (χ4n) is 2.09. The highest BCUT2D eigenvalue weighted by atomic mass is 19.1. The average Bonchev–Trinajstić information content (AvgIpc) is 2.90. The zero-order valence-corrected chi connectivity index (χ0v) is 10.6. The standard InChI is InChI=1S/C13H14F2N2O3/c14-9-2-1-3-10(15)11(9)16-12(19)13(20)17-5-4-8(6-17)7-18/h1-3,8,18H,4-7H2,(H,16,19). The molecule has 1 saturated heterocycles. The number of carbonyl (C=O) groups excluding carboxylic acids is 2. The van der Waals surface area contributed by atoms with Crippen LogP contribution in [0.1, 0.15) is 6.42 Å². The molecule has 2 rings (SSSR count). The van der Waals surface area contributed by atoms with E-state index < -0.39 is 29.1 Å². The van der Waals surface area contributed by atoms with Crippen LogP contribution in [0.25, 0.3) is 0 Å². The van der Waals surface area contributed by atoms with Gasteiger partial charge in [-0.2, -0.15) is 0 Å². The number of hydrogen-bond donors (Lipinski definition) is 2. The lowest BCUT2D eigenvalue weighted by atomic mass is 10.1. The summed E-state index contributed by atoms with van der Waals surface area (Å²) in [6, 6.07) is 3.14. The van der Waals surface area contributed by atoms with Gasteiger partial charge in [0.2, 0.25) is 0 Å². The number of hydrogen-bond acceptors (Lipinski definition) is 3. The fraction of sp³-hybridized carbons (Fsp3) is 0.385. The Morgan fingerprint density at radius 2 is 2.00 bits per heavy atom. The van der Waals surface area contributed by atoms with Crippen LogP contribution in [0, 0.1) is 17.6 Å². The van der Waals surface area contributed by atoms with Crippen molar-refractivity contribution in [3.05, 3.63) is 29.8 Å². The molecule has 1 aromatic rings. The zero-order chi connectivity index (χ0) is 14.7. The van der Waals surface area contributed by atoms with Crippen molar-refractivity contribution < 1.29 is 23.5 Å².